The maximum atomic E-state index is 11.1. The zero-order chi connectivity index (χ0) is 12.4. The van der Waals surface area contributed by atoms with E-state index in [1.807, 2.05) is 13.0 Å². The second-order valence-corrected chi connectivity index (χ2v) is 5.00. The summed E-state index contributed by atoms with van der Waals surface area (Å²) in [6.07, 6.45) is 2.64. The number of carboxylic acid groups (broad SMARTS) is 1. The van der Waals surface area contributed by atoms with Gasteiger partial charge in [-0.2, -0.15) is 0 Å². The molecule has 0 amide bonds. The Bertz CT molecular complexity index is 424. The van der Waals surface area contributed by atoms with E-state index in [9.17, 15) is 4.79 Å². The van der Waals surface area contributed by atoms with E-state index in [1.165, 1.54) is 12.8 Å². The number of nitrogens with one attached hydrogen (secondary N) is 1. The van der Waals surface area contributed by atoms with Crippen LogP contribution in [-0.2, 0) is 0 Å². The van der Waals surface area contributed by atoms with Crippen molar-refractivity contribution >= 4 is 11.7 Å². The molecule has 17 heavy (non-hydrogen) atoms. The summed E-state index contributed by atoms with van der Waals surface area (Å²) in [7, 11) is 0. The molecule has 3 nitrogen and oxygen atoms in total. The molecule has 2 N–H and O–H groups in total. The molecular formula is C14H19NO2. The van der Waals surface area contributed by atoms with Gasteiger partial charge in [0, 0.05) is 6.54 Å². The molecule has 0 aliphatic heterocycles. The van der Waals surface area contributed by atoms with Crippen LogP contribution in [0.25, 0.3) is 0 Å². The average molecular weight is 233 g/mol. The maximum Gasteiger partial charge on any atom is 0.337 e. The highest BCUT2D eigenvalue weighted by atomic mass is 16.4. The SMILES string of the molecule is Cc1cccc(C(=O)O)c1NCC(C)C1CC1. The molecular weight excluding hydrogens is 214 g/mol. The smallest absolute Gasteiger partial charge is 0.337 e. The third kappa shape index (κ3) is 2.78. The molecule has 0 saturated heterocycles. The lowest BCUT2D eigenvalue weighted by molar-refractivity contribution is 0.0698. The quantitative estimate of drug-likeness (QED) is 0.821. The Hall–Kier alpha value is -1.51. The van der Waals surface area contributed by atoms with Crippen LogP contribution in [0.1, 0.15) is 35.7 Å². The van der Waals surface area contributed by atoms with Crippen molar-refractivity contribution in [2.45, 2.75) is 26.7 Å². The summed E-state index contributed by atoms with van der Waals surface area (Å²) in [6.45, 7) is 5.02. The van der Waals surface area contributed by atoms with Gasteiger partial charge in [0.1, 0.15) is 0 Å². The molecule has 1 fully saturated rings. The molecule has 1 unspecified atom stereocenters. The lowest BCUT2D eigenvalue weighted by Crippen LogP contribution is -2.16. The van der Waals surface area contributed by atoms with E-state index in [-0.39, 0.29) is 0 Å². The summed E-state index contributed by atoms with van der Waals surface area (Å²) < 4.78 is 0. The van der Waals surface area contributed by atoms with Crippen LogP contribution in [0.15, 0.2) is 18.2 Å². The van der Waals surface area contributed by atoms with Gasteiger partial charge >= 0.3 is 5.97 Å². The molecule has 1 aromatic carbocycles. The molecule has 1 atom stereocenters. The lowest BCUT2D eigenvalue weighted by atomic mass is 10.0. The van der Waals surface area contributed by atoms with Crippen molar-refractivity contribution in [3.8, 4) is 0 Å². The fourth-order valence-electron chi connectivity index (χ4n) is 2.18. The van der Waals surface area contributed by atoms with Gasteiger partial charge in [0.05, 0.1) is 11.3 Å². The average Bonchev–Trinajstić information content (AvgIpc) is 3.10. The summed E-state index contributed by atoms with van der Waals surface area (Å²) in [5, 5.41) is 12.4. The molecule has 0 spiro atoms. The van der Waals surface area contributed by atoms with E-state index in [4.69, 9.17) is 5.11 Å². The minimum Gasteiger partial charge on any atom is -0.478 e. The number of para-hydroxylation sites is 1. The van der Waals surface area contributed by atoms with E-state index < -0.39 is 5.97 Å². The van der Waals surface area contributed by atoms with E-state index in [0.29, 0.717) is 11.5 Å². The highest BCUT2D eigenvalue weighted by Gasteiger charge is 2.27. The summed E-state index contributed by atoms with van der Waals surface area (Å²) >= 11 is 0. The van der Waals surface area contributed by atoms with Gasteiger partial charge in [0.15, 0.2) is 0 Å². The normalized spacial score (nSPS) is 16.6. The summed E-state index contributed by atoms with van der Waals surface area (Å²) in [5.41, 5.74) is 2.13. The van der Waals surface area contributed by atoms with Gasteiger partial charge in [0.2, 0.25) is 0 Å². The van der Waals surface area contributed by atoms with Gasteiger partial charge in [-0.15, -0.1) is 0 Å². The van der Waals surface area contributed by atoms with E-state index in [0.717, 1.165) is 23.7 Å². The van der Waals surface area contributed by atoms with Crippen molar-refractivity contribution in [3.63, 3.8) is 0 Å². The largest absolute Gasteiger partial charge is 0.478 e. The lowest BCUT2D eigenvalue weighted by Gasteiger charge is -2.16. The minimum atomic E-state index is -0.865. The fraction of sp³-hybridized carbons (Fsp3) is 0.500. The van der Waals surface area contributed by atoms with E-state index in [1.54, 1.807) is 12.1 Å². The Morgan fingerprint density at radius 1 is 1.53 bits per heavy atom. The molecule has 0 bridgehead atoms. The zero-order valence-corrected chi connectivity index (χ0v) is 10.4. The fourth-order valence-corrected chi connectivity index (χ4v) is 2.18. The predicted molar refractivity (Wildman–Crippen MR) is 68.5 cm³/mol. The topological polar surface area (TPSA) is 49.3 Å². The Morgan fingerprint density at radius 2 is 2.24 bits per heavy atom. The van der Waals surface area contributed by atoms with E-state index in [2.05, 4.69) is 12.2 Å². The molecule has 0 radical (unpaired) electrons. The molecule has 1 aromatic rings. The number of carbonyl (C=O) groups is 1. The standard InChI is InChI=1S/C14H19NO2/c1-9-4-3-5-12(14(16)17)13(9)15-8-10(2)11-6-7-11/h3-5,10-11,15H,6-8H2,1-2H3,(H,16,17). The molecule has 2 rings (SSSR count). The van der Waals surface area contributed by atoms with Gasteiger partial charge in [-0.1, -0.05) is 19.1 Å². The first kappa shape index (κ1) is 12.0. The molecule has 92 valence electrons. The Labute approximate surface area is 102 Å². The van der Waals surface area contributed by atoms with Crippen molar-refractivity contribution in [3.05, 3.63) is 29.3 Å². The van der Waals surface area contributed by atoms with Crippen molar-refractivity contribution in [2.24, 2.45) is 11.8 Å². The molecule has 3 heteroatoms. The van der Waals surface area contributed by atoms with Crippen molar-refractivity contribution in [1.29, 1.82) is 0 Å². The second-order valence-electron chi connectivity index (χ2n) is 5.00. The van der Waals surface area contributed by atoms with Crippen molar-refractivity contribution in [1.82, 2.24) is 0 Å². The van der Waals surface area contributed by atoms with Crippen LogP contribution in [0.2, 0.25) is 0 Å². The number of aryl methyl sites for hydroxylation is 1. The highest BCUT2D eigenvalue weighted by Crippen LogP contribution is 2.36. The van der Waals surface area contributed by atoms with Crippen LogP contribution in [0.3, 0.4) is 0 Å². The Morgan fingerprint density at radius 3 is 2.82 bits per heavy atom. The third-order valence-corrected chi connectivity index (χ3v) is 3.53. The summed E-state index contributed by atoms with van der Waals surface area (Å²) in [5.74, 6) is 0.589. The van der Waals surface area contributed by atoms with Gasteiger partial charge in [0.25, 0.3) is 0 Å². The highest BCUT2D eigenvalue weighted by molar-refractivity contribution is 5.95. The summed E-state index contributed by atoms with van der Waals surface area (Å²) in [4.78, 5) is 11.1. The molecule has 1 saturated carbocycles. The van der Waals surface area contributed by atoms with Crippen LogP contribution in [0.4, 0.5) is 5.69 Å². The molecule has 1 aliphatic rings. The maximum absolute atomic E-state index is 11.1. The third-order valence-electron chi connectivity index (χ3n) is 3.53. The van der Waals surface area contributed by atoms with Crippen LogP contribution in [-0.4, -0.2) is 17.6 Å². The van der Waals surface area contributed by atoms with Gasteiger partial charge in [-0.25, -0.2) is 4.79 Å². The van der Waals surface area contributed by atoms with E-state index >= 15 is 0 Å². The summed E-state index contributed by atoms with van der Waals surface area (Å²) in [6, 6.07) is 5.38. The Balaban J connectivity index is 2.10. The van der Waals surface area contributed by atoms with Gasteiger partial charge < -0.3 is 10.4 Å². The first-order valence-electron chi connectivity index (χ1n) is 6.16. The Kier molecular flexibility index (Phi) is 3.36. The van der Waals surface area contributed by atoms with Crippen LogP contribution in [0, 0.1) is 18.8 Å². The molecule has 0 heterocycles. The number of hydrogen-bond donors (Lipinski definition) is 2. The first-order chi connectivity index (χ1) is 8.09. The van der Waals surface area contributed by atoms with Crippen LogP contribution < -0.4 is 5.32 Å². The molecule has 0 aromatic heterocycles. The van der Waals surface area contributed by atoms with Gasteiger partial charge in [-0.05, 0) is 43.2 Å². The zero-order valence-electron chi connectivity index (χ0n) is 10.4. The number of carboxylic acids is 1. The van der Waals surface area contributed by atoms with Crippen LogP contribution in [0.5, 0.6) is 0 Å². The monoisotopic (exact) mass is 233 g/mol. The number of rotatable bonds is 5. The van der Waals surface area contributed by atoms with Gasteiger partial charge in [-0.3, -0.25) is 0 Å². The van der Waals surface area contributed by atoms with Crippen molar-refractivity contribution < 1.29 is 9.90 Å². The van der Waals surface area contributed by atoms with Crippen LogP contribution >= 0.6 is 0 Å². The number of aromatic carboxylic acids is 1. The first-order valence-corrected chi connectivity index (χ1v) is 6.16. The van der Waals surface area contributed by atoms with Crippen molar-refractivity contribution in [2.75, 3.05) is 11.9 Å². The minimum absolute atomic E-state index is 0.369. The molecule has 1 aliphatic carbocycles. The second kappa shape index (κ2) is 4.78. The predicted octanol–water partition coefficient (Wildman–Crippen LogP) is 3.15. The number of anilines is 1. The number of hydrogen-bond acceptors (Lipinski definition) is 2. The number of benzene rings is 1.